The number of aromatic nitrogens is 2. The van der Waals surface area contributed by atoms with Gasteiger partial charge in [-0.05, 0) is 36.8 Å². The highest BCUT2D eigenvalue weighted by Crippen LogP contribution is 2.28. The molecule has 0 spiro atoms. The molecule has 1 aliphatic carbocycles. The van der Waals surface area contributed by atoms with E-state index >= 15 is 0 Å². The molecule has 1 fully saturated rings. The molecule has 1 N–H and O–H groups in total. The van der Waals surface area contributed by atoms with Crippen molar-refractivity contribution >= 4 is 28.8 Å². The van der Waals surface area contributed by atoms with E-state index in [0.717, 1.165) is 17.8 Å². The topological polar surface area (TPSA) is 54.9 Å². The molecule has 1 heterocycles. The van der Waals surface area contributed by atoms with Crippen LogP contribution in [0.1, 0.15) is 55.3 Å². The minimum Gasteiger partial charge on any atom is -0.347 e. The van der Waals surface area contributed by atoms with E-state index in [0.29, 0.717) is 15.4 Å². The SMILES string of the molecule is CCC(NC(=O)c1nnc(Cl)s1)C1CCCCC1. The van der Waals surface area contributed by atoms with Gasteiger partial charge in [0.05, 0.1) is 0 Å². The first kappa shape index (κ1) is 13.7. The number of halogens is 1. The van der Waals surface area contributed by atoms with Crippen molar-refractivity contribution in [2.75, 3.05) is 0 Å². The summed E-state index contributed by atoms with van der Waals surface area (Å²) in [4.78, 5) is 12.0. The molecule has 0 aliphatic heterocycles. The fourth-order valence-electron chi connectivity index (χ4n) is 2.62. The smallest absolute Gasteiger partial charge is 0.282 e. The largest absolute Gasteiger partial charge is 0.347 e. The number of carbonyl (C=O) groups is 1. The summed E-state index contributed by atoms with van der Waals surface area (Å²) in [6.07, 6.45) is 7.28. The Labute approximate surface area is 116 Å². The van der Waals surface area contributed by atoms with E-state index in [2.05, 4.69) is 22.4 Å². The lowest BCUT2D eigenvalue weighted by Gasteiger charge is -2.29. The quantitative estimate of drug-likeness (QED) is 0.924. The number of nitrogens with zero attached hydrogens (tertiary/aromatic N) is 2. The molecule has 1 atom stereocenters. The third-order valence-corrected chi connectivity index (χ3v) is 4.59. The zero-order chi connectivity index (χ0) is 13.0. The summed E-state index contributed by atoms with van der Waals surface area (Å²) in [6, 6.07) is 0.250. The second-order valence-corrected chi connectivity index (χ2v) is 6.31. The Morgan fingerprint density at radius 1 is 1.44 bits per heavy atom. The number of amides is 1. The average molecular weight is 288 g/mol. The Kier molecular flexibility index (Phi) is 4.95. The van der Waals surface area contributed by atoms with Crippen LogP contribution in [0.25, 0.3) is 0 Å². The first-order valence-corrected chi connectivity index (χ1v) is 7.70. The van der Waals surface area contributed by atoms with Gasteiger partial charge in [-0.1, -0.05) is 37.5 Å². The van der Waals surface area contributed by atoms with E-state index in [4.69, 9.17) is 11.6 Å². The van der Waals surface area contributed by atoms with Gasteiger partial charge in [0.15, 0.2) is 0 Å². The Morgan fingerprint density at radius 3 is 2.72 bits per heavy atom. The summed E-state index contributed by atoms with van der Waals surface area (Å²) in [6.45, 7) is 2.12. The van der Waals surface area contributed by atoms with Gasteiger partial charge in [-0.2, -0.15) is 0 Å². The van der Waals surface area contributed by atoms with Crippen LogP contribution in [0.4, 0.5) is 0 Å². The molecular weight excluding hydrogens is 270 g/mol. The first-order chi connectivity index (χ1) is 8.70. The van der Waals surface area contributed by atoms with E-state index in [-0.39, 0.29) is 11.9 Å². The summed E-state index contributed by atoms with van der Waals surface area (Å²) in [5, 5.41) is 10.9. The van der Waals surface area contributed by atoms with Crippen LogP contribution in [-0.2, 0) is 0 Å². The summed E-state index contributed by atoms with van der Waals surface area (Å²) < 4.78 is 0.311. The minimum atomic E-state index is -0.142. The van der Waals surface area contributed by atoms with Gasteiger partial charge in [0.25, 0.3) is 5.91 Å². The molecule has 0 saturated heterocycles. The van der Waals surface area contributed by atoms with Gasteiger partial charge in [0, 0.05) is 6.04 Å². The molecule has 4 nitrogen and oxygen atoms in total. The van der Waals surface area contributed by atoms with Crippen LogP contribution < -0.4 is 5.32 Å². The highest BCUT2D eigenvalue weighted by atomic mass is 35.5. The van der Waals surface area contributed by atoms with Crippen molar-refractivity contribution in [3.8, 4) is 0 Å². The number of rotatable bonds is 4. The summed E-state index contributed by atoms with van der Waals surface area (Å²) in [5.74, 6) is 0.466. The van der Waals surface area contributed by atoms with Crippen molar-refractivity contribution in [3.63, 3.8) is 0 Å². The monoisotopic (exact) mass is 287 g/mol. The highest BCUT2D eigenvalue weighted by molar-refractivity contribution is 7.17. The number of hydrogen-bond donors (Lipinski definition) is 1. The van der Waals surface area contributed by atoms with E-state index in [1.54, 1.807) is 0 Å². The normalized spacial score (nSPS) is 18.6. The zero-order valence-electron chi connectivity index (χ0n) is 10.5. The van der Waals surface area contributed by atoms with Crippen LogP contribution in [-0.4, -0.2) is 22.1 Å². The van der Waals surface area contributed by atoms with Gasteiger partial charge in [-0.25, -0.2) is 0 Å². The summed E-state index contributed by atoms with van der Waals surface area (Å²) in [7, 11) is 0. The van der Waals surface area contributed by atoms with E-state index < -0.39 is 0 Å². The third-order valence-electron chi connectivity index (χ3n) is 3.57. The molecule has 1 unspecified atom stereocenters. The van der Waals surface area contributed by atoms with Gasteiger partial charge < -0.3 is 5.32 Å². The second kappa shape index (κ2) is 6.48. The predicted molar refractivity (Wildman–Crippen MR) is 73.0 cm³/mol. The van der Waals surface area contributed by atoms with E-state index in [9.17, 15) is 4.79 Å². The molecule has 1 saturated carbocycles. The van der Waals surface area contributed by atoms with Crippen molar-refractivity contribution in [3.05, 3.63) is 9.47 Å². The maximum Gasteiger partial charge on any atom is 0.282 e. The van der Waals surface area contributed by atoms with Gasteiger partial charge in [0.1, 0.15) is 0 Å². The molecule has 1 aromatic rings. The molecular formula is C12H18ClN3OS. The third kappa shape index (κ3) is 3.42. The first-order valence-electron chi connectivity index (χ1n) is 6.50. The summed E-state index contributed by atoms with van der Waals surface area (Å²) >= 11 is 6.81. The fourth-order valence-corrected chi connectivity index (χ4v) is 3.35. The van der Waals surface area contributed by atoms with Crippen LogP contribution in [0.5, 0.6) is 0 Å². The molecule has 18 heavy (non-hydrogen) atoms. The number of carbonyl (C=O) groups excluding carboxylic acids is 1. The van der Waals surface area contributed by atoms with Crippen LogP contribution >= 0.6 is 22.9 Å². The second-order valence-electron chi connectivity index (χ2n) is 4.75. The minimum absolute atomic E-state index is 0.142. The highest BCUT2D eigenvalue weighted by Gasteiger charge is 2.25. The Bertz CT molecular complexity index is 404. The zero-order valence-corrected chi connectivity index (χ0v) is 12.1. The van der Waals surface area contributed by atoms with Crippen molar-refractivity contribution < 1.29 is 4.79 Å². The van der Waals surface area contributed by atoms with Crippen molar-refractivity contribution in [2.45, 2.75) is 51.5 Å². The number of hydrogen-bond acceptors (Lipinski definition) is 4. The molecule has 0 aromatic carbocycles. The molecule has 6 heteroatoms. The molecule has 0 radical (unpaired) electrons. The standard InChI is InChI=1S/C12H18ClN3OS/c1-2-9(8-6-4-3-5-7-8)14-10(17)11-15-16-12(13)18-11/h8-9H,2-7H2,1H3,(H,14,17). The molecule has 100 valence electrons. The Morgan fingerprint density at radius 2 is 2.17 bits per heavy atom. The molecule has 1 aliphatic rings. The lowest BCUT2D eigenvalue weighted by molar-refractivity contribution is 0.0910. The van der Waals surface area contributed by atoms with E-state index in [1.807, 2.05) is 0 Å². The lowest BCUT2D eigenvalue weighted by atomic mass is 9.83. The summed E-state index contributed by atoms with van der Waals surface area (Å²) in [5.41, 5.74) is 0. The molecule has 1 aromatic heterocycles. The predicted octanol–water partition coefficient (Wildman–Crippen LogP) is 3.28. The lowest BCUT2D eigenvalue weighted by Crippen LogP contribution is -2.40. The maximum absolute atomic E-state index is 12.0. The average Bonchev–Trinajstić information content (AvgIpc) is 2.83. The van der Waals surface area contributed by atoms with Gasteiger partial charge in [0.2, 0.25) is 9.47 Å². The van der Waals surface area contributed by atoms with Gasteiger partial charge >= 0.3 is 0 Å². The van der Waals surface area contributed by atoms with Gasteiger partial charge in [-0.15, -0.1) is 10.2 Å². The van der Waals surface area contributed by atoms with Gasteiger partial charge in [-0.3, -0.25) is 4.79 Å². The molecule has 1 amide bonds. The Balaban J connectivity index is 1.95. The van der Waals surface area contributed by atoms with Crippen LogP contribution in [0, 0.1) is 5.92 Å². The number of nitrogens with one attached hydrogen (secondary N) is 1. The van der Waals surface area contributed by atoms with Crippen molar-refractivity contribution in [1.82, 2.24) is 15.5 Å². The van der Waals surface area contributed by atoms with Crippen LogP contribution in [0.3, 0.4) is 0 Å². The Hall–Kier alpha value is -0.680. The maximum atomic E-state index is 12.0. The van der Waals surface area contributed by atoms with Crippen molar-refractivity contribution in [1.29, 1.82) is 0 Å². The van der Waals surface area contributed by atoms with Crippen molar-refractivity contribution in [2.24, 2.45) is 5.92 Å². The fraction of sp³-hybridized carbons (Fsp3) is 0.750. The van der Waals surface area contributed by atoms with Crippen LogP contribution in [0.15, 0.2) is 0 Å². The molecule has 0 bridgehead atoms. The molecule has 2 rings (SSSR count). The van der Waals surface area contributed by atoms with E-state index in [1.165, 1.54) is 32.1 Å². The van der Waals surface area contributed by atoms with Crippen LogP contribution in [0.2, 0.25) is 4.47 Å².